The van der Waals surface area contributed by atoms with E-state index in [-0.39, 0.29) is 11.9 Å². The van der Waals surface area contributed by atoms with E-state index >= 15 is 0 Å². The Labute approximate surface area is 201 Å². The summed E-state index contributed by atoms with van der Waals surface area (Å²) in [6.07, 6.45) is 6.23. The van der Waals surface area contributed by atoms with Gasteiger partial charge in [-0.15, -0.1) is 0 Å². The van der Waals surface area contributed by atoms with Crippen LogP contribution in [-0.2, 0) is 17.8 Å². The van der Waals surface area contributed by atoms with E-state index in [1.807, 2.05) is 17.6 Å². The molecule has 10 nitrogen and oxygen atoms in total. The highest BCUT2D eigenvalue weighted by molar-refractivity contribution is 6.32. The molecule has 3 aromatic rings. The maximum Gasteiger partial charge on any atom is 0.242 e. The molecule has 1 saturated carbocycles. The summed E-state index contributed by atoms with van der Waals surface area (Å²) in [5.74, 6) is 0.199. The fourth-order valence-corrected chi connectivity index (χ4v) is 4.92. The van der Waals surface area contributed by atoms with Crippen molar-refractivity contribution in [3.8, 4) is 6.07 Å². The van der Waals surface area contributed by atoms with E-state index in [9.17, 15) is 10.1 Å². The van der Waals surface area contributed by atoms with Gasteiger partial charge in [-0.3, -0.25) is 4.79 Å². The lowest BCUT2D eigenvalue weighted by Gasteiger charge is -2.28. The number of carbonyl (C=O) groups excluding carboxylic acids is 1. The summed E-state index contributed by atoms with van der Waals surface area (Å²) in [6.45, 7) is 3.36. The van der Waals surface area contributed by atoms with Crippen LogP contribution in [0.2, 0.25) is 5.02 Å². The number of imidazole rings is 1. The van der Waals surface area contributed by atoms with E-state index in [1.165, 1.54) is 6.33 Å². The molecule has 1 aliphatic heterocycles. The molecule has 0 bridgehead atoms. The van der Waals surface area contributed by atoms with Crippen LogP contribution in [0.15, 0.2) is 18.7 Å². The molecular weight excluding hydrogens is 454 g/mol. The number of carbonyl (C=O) groups is 1. The van der Waals surface area contributed by atoms with Crippen molar-refractivity contribution in [3.05, 3.63) is 40.4 Å². The summed E-state index contributed by atoms with van der Waals surface area (Å²) >= 11 is 6.56. The Kier molecular flexibility index (Phi) is 5.54. The largest absolute Gasteiger partial charge is 0.382 e. The molecule has 1 saturated heterocycles. The summed E-state index contributed by atoms with van der Waals surface area (Å²) < 4.78 is 1.88. The number of nitrogens with zero attached hydrogens (tertiary/aromatic N) is 6. The molecule has 5 rings (SSSR count). The van der Waals surface area contributed by atoms with Gasteiger partial charge in [-0.05, 0) is 42.9 Å². The lowest BCUT2D eigenvalue weighted by Crippen LogP contribution is -2.56. The standard InChI is InChI=1S/C23H26ClN9O/c1-2-14-15(8-25)17(24)7-18(32-6-5-23(27,10-32)22(34)31-13-3-4-13)16(14)9-33-12-30-19-20(26)28-11-29-21(19)33/h7,11-13H,2-6,9-10,27H2,1H3,(H,31,34)(H2,26,28,29)/t23-/m1/s1. The van der Waals surface area contributed by atoms with Crippen LogP contribution in [0.1, 0.15) is 42.9 Å². The fourth-order valence-electron chi connectivity index (χ4n) is 4.66. The van der Waals surface area contributed by atoms with Crippen LogP contribution < -0.4 is 21.7 Å². The predicted molar refractivity (Wildman–Crippen MR) is 129 cm³/mol. The average molecular weight is 480 g/mol. The maximum absolute atomic E-state index is 12.8. The molecule has 176 valence electrons. The SMILES string of the molecule is CCc1c(C#N)c(Cl)cc(N2CC[C@](N)(C(=O)NC3CC3)C2)c1Cn1cnc2c(N)ncnc21. The topological polar surface area (TPSA) is 152 Å². The molecule has 11 heteroatoms. The van der Waals surface area contributed by atoms with Crippen LogP contribution in [0.3, 0.4) is 0 Å². The van der Waals surface area contributed by atoms with Gasteiger partial charge in [0, 0.05) is 24.8 Å². The minimum Gasteiger partial charge on any atom is -0.382 e. The lowest BCUT2D eigenvalue weighted by molar-refractivity contribution is -0.125. The highest BCUT2D eigenvalue weighted by atomic mass is 35.5. The van der Waals surface area contributed by atoms with Crippen LogP contribution in [0.25, 0.3) is 11.2 Å². The monoisotopic (exact) mass is 479 g/mol. The molecule has 5 N–H and O–H groups in total. The zero-order valence-corrected chi connectivity index (χ0v) is 19.6. The number of anilines is 2. The summed E-state index contributed by atoms with van der Waals surface area (Å²) in [5, 5.41) is 13.2. The maximum atomic E-state index is 12.8. The first-order valence-corrected chi connectivity index (χ1v) is 11.7. The quantitative estimate of drug-likeness (QED) is 0.483. The number of amides is 1. The number of nitrogens with one attached hydrogen (secondary N) is 1. The first-order chi connectivity index (χ1) is 16.3. The third-order valence-corrected chi connectivity index (χ3v) is 7.01. The Morgan fingerprint density at radius 3 is 2.85 bits per heavy atom. The molecule has 1 aromatic carbocycles. The minimum atomic E-state index is -0.976. The van der Waals surface area contributed by atoms with E-state index in [0.29, 0.717) is 60.0 Å². The van der Waals surface area contributed by atoms with E-state index in [0.717, 1.165) is 29.7 Å². The van der Waals surface area contributed by atoms with Crippen LogP contribution in [-0.4, -0.2) is 50.1 Å². The number of hydrogen-bond acceptors (Lipinski definition) is 8. The smallest absolute Gasteiger partial charge is 0.242 e. The third-order valence-electron chi connectivity index (χ3n) is 6.71. The normalized spacial score (nSPS) is 20.0. The summed E-state index contributed by atoms with van der Waals surface area (Å²) in [6, 6.07) is 4.31. The van der Waals surface area contributed by atoms with Crippen molar-refractivity contribution < 1.29 is 4.79 Å². The van der Waals surface area contributed by atoms with Crippen molar-refractivity contribution >= 4 is 40.2 Å². The Morgan fingerprint density at radius 1 is 1.35 bits per heavy atom. The summed E-state index contributed by atoms with van der Waals surface area (Å²) in [7, 11) is 0. The molecule has 2 fully saturated rings. The molecule has 0 spiro atoms. The van der Waals surface area contributed by atoms with Gasteiger partial charge in [-0.25, -0.2) is 15.0 Å². The molecular formula is C23H26ClN9O. The van der Waals surface area contributed by atoms with Gasteiger partial charge >= 0.3 is 0 Å². The van der Waals surface area contributed by atoms with Crippen molar-refractivity contribution in [1.82, 2.24) is 24.8 Å². The van der Waals surface area contributed by atoms with E-state index in [1.54, 1.807) is 6.33 Å². The second-order valence-electron chi connectivity index (χ2n) is 9.05. The van der Waals surface area contributed by atoms with Crippen LogP contribution in [0, 0.1) is 11.3 Å². The van der Waals surface area contributed by atoms with Gasteiger partial charge in [0.2, 0.25) is 5.91 Å². The first-order valence-electron chi connectivity index (χ1n) is 11.3. The molecule has 2 aromatic heterocycles. The Balaban J connectivity index is 1.56. The molecule has 2 aliphatic rings. The fraction of sp³-hybridized carbons (Fsp3) is 0.435. The zero-order valence-electron chi connectivity index (χ0n) is 18.9. The van der Waals surface area contributed by atoms with Crippen molar-refractivity contribution in [2.45, 2.75) is 50.7 Å². The molecule has 1 amide bonds. The number of rotatable bonds is 6. The van der Waals surface area contributed by atoms with Gasteiger partial charge in [0.05, 0.1) is 23.5 Å². The molecule has 0 unspecified atom stereocenters. The first kappa shape index (κ1) is 22.4. The van der Waals surface area contributed by atoms with Crippen molar-refractivity contribution in [1.29, 1.82) is 5.26 Å². The predicted octanol–water partition coefficient (Wildman–Crippen LogP) is 1.73. The summed E-state index contributed by atoms with van der Waals surface area (Å²) in [4.78, 5) is 27.7. The van der Waals surface area contributed by atoms with Gasteiger partial charge in [0.15, 0.2) is 11.5 Å². The number of halogens is 1. The number of nitriles is 1. The number of nitrogens with two attached hydrogens (primary N) is 2. The summed E-state index contributed by atoms with van der Waals surface area (Å²) in [5.41, 5.74) is 15.8. The second-order valence-corrected chi connectivity index (χ2v) is 9.46. The Hall–Kier alpha value is -3.42. The van der Waals surface area contributed by atoms with Gasteiger partial charge < -0.3 is 26.3 Å². The highest BCUT2D eigenvalue weighted by Crippen LogP contribution is 2.37. The number of benzene rings is 1. The Morgan fingerprint density at radius 2 is 2.15 bits per heavy atom. The van der Waals surface area contributed by atoms with Crippen LogP contribution in [0.5, 0.6) is 0 Å². The molecule has 1 atom stereocenters. The number of fused-ring (bicyclic) bond motifs is 1. The minimum absolute atomic E-state index is 0.109. The van der Waals surface area contributed by atoms with Gasteiger partial charge in [0.25, 0.3) is 0 Å². The van der Waals surface area contributed by atoms with Crippen molar-refractivity contribution in [3.63, 3.8) is 0 Å². The number of hydrogen-bond donors (Lipinski definition) is 3. The highest BCUT2D eigenvalue weighted by Gasteiger charge is 2.43. The number of aromatic nitrogens is 4. The van der Waals surface area contributed by atoms with Crippen molar-refractivity contribution in [2.75, 3.05) is 23.7 Å². The van der Waals surface area contributed by atoms with E-state index in [4.69, 9.17) is 23.1 Å². The van der Waals surface area contributed by atoms with Crippen LogP contribution in [0.4, 0.5) is 11.5 Å². The average Bonchev–Trinajstić information content (AvgIpc) is 3.39. The molecule has 0 radical (unpaired) electrons. The second kappa shape index (κ2) is 8.42. The van der Waals surface area contributed by atoms with Crippen LogP contribution >= 0.6 is 11.6 Å². The zero-order chi connectivity index (χ0) is 24.0. The lowest BCUT2D eigenvalue weighted by atomic mass is 9.96. The van der Waals surface area contributed by atoms with Gasteiger partial charge in [-0.1, -0.05) is 18.5 Å². The molecule has 34 heavy (non-hydrogen) atoms. The van der Waals surface area contributed by atoms with E-state index < -0.39 is 5.54 Å². The van der Waals surface area contributed by atoms with Gasteiger partial charge in [-0.2, -0.15) is 5.26 Å². The van der Waals surface area contributed by atoms with Gasteiger partial charge in [0.1, 0.15) is 23.5 Å². The van der Waals surface area contributed by atoms with Crippen molar-refractivity contribution in [2.24, 2.45) is 5.73 Å². The molecule has 3 heterocycles. The third kappa shape index (κ3) is 3.81. The molecule has 1 aliphatic carbocycles. The number of nitrogen functional groups attached to an aromatic ring is 1. The van der Waals surface area contributed by atoms with E-state index in [2.05, 4.69) is 31.2 Å². The Bertz CT molecular complexity index is 1330.